The Morgan fingerprint density at radius 3 is 2.73 bits per heavy atom. The fourth-order valence-corrected chi connectivity index (χ4v) is 1.18. The number of nitro groups is 1. The number of anilines is 1. The van der Waals surface area contributed by atoms with Gasteiger partial charge in [0.2, 0.25) is 5.82 Å². The number of thiocarbonyl (C=S) groups is 1. The van der Waals surface area contributed by atoms with Crippen molar-refractivity contribution in [3.8, 4) is 0 Å². The molecular weight excluding hydrogens is 221 g/mol. The van der Waals surface area contributed by atoms with E-state index in [2.05, 4.69) is 17.5 Å². The Bertz CT molecular complexity index is 436. The summed E-state index contributed by atoms with van der Waals surface area (Å²) in [4.78, 5) is 9.62. The highest BCUT2D eigenvalue weighted by molar-refractivity contribution is 7.80. The van der Waals surface area contributed by atoms with Gasteiger partial charge in [-0.3, -0.25) is 10.1 Å². The van der Waals surface area contributed by atoms with Gasteiger partial charge in [0.1, 0.15) is 0 Å². The van der Waals surface area contributed by atoms with Gasteiger partial charge in [0.25, 0.3) is 0 Å². The molecule has 0 spiro atoms. The summed E-state index contributed by atoms with van der Waals surface area (Å²) in [5, 5.41) is 12.9. The maximum absolute atomic E-state index is 13.2. The minimum Gasteiger partial charge on any atom is -0.376 e. The summed E-state index contributed by atoms with van der Waals surface area (Å²) in [6.07, 6.45) is 0. The van der Waals surface area contributed by atoms with Crippen molar-refractivity contribution in [2.75, 3.05) is 5.32 Å². The summed E-state index contributed by atoms with van der Waals surface area (Å²) < 4.78 is 13.2. The second-order valence-corrected chi connectivity index (χ2v) is 3.30. The van der Waals surface area contributed by atoms with Gasteiger partial charge >= 0.3 is 5.69 Å². The lowest BCUT2D eigenvalue weighted by atomic mass is 10.1. The van der Waals surface area contributed by atoms with E-state index < -0.39 is 16.4 Å². The third-order valence-corrected chi connectivity index (χ3v) is 1.85. The number of hydrogen-bond donors (Lipinski definition) is 2. The van der Waals surface area contributed by atoms with Crippen LogP contribution in [-0.4, -0.2) is 10.0 Å². The van der Waals surface area contributed by atoms with Crippen molar-refractivity contribution in [2.24, 2.45) is 5.73 Å². The zero-order valence-electron chi connectivity index (χ0n) is 7.78. The third kappa shape index (κ3) is 2.59. The minimum absolute atomic E-state index is 0.0219. The van der Waals surface area contributed by atoms with Crippen LogP contribution in [0.4, 0.5) is 15.8 Å². The molecule has 0 aliphatic heterocycles. The predicted molar refractivity (Wildman–Crippen MR) is 58.2 cm³/mol. The van der Waals surface area contributed by atoms with Crippen LogP contribution in [0.25, 0.3) is 0 Å². The average Bonchev–Trinajstić information content (AvgIpc) is 2.09. The Morgan fingerprint density at radius 1 is 1.67 bits per heavy atom. The zero-order valence-corrected chi connectivity index (χ0v) is 8.60. The third-order valence-electron chi connectivity index (χ3n) is 1.75. The van der Waals surface area contributed by atoms with Gasteiger partial charge in [-0.25, -0.2) is 0 Å². The number of aryl methyl sites for hydroxylation is 1. The maximum atomic E-state index is 13.2. The molecule has 0 unspecified atom stereocenters. The van der Waals surface area contributed by atoms with Gasteiger partial charge in [0, 0.05) is 17.8 Å². The molecule has 7 heteroatoms. The molecule has 1 aromatic rings. The maximum Gasteiger partial charge on any atom is 0.305 e. The van der Waals surface area contributed by atoms with Crippen LogP contribution >= 0.6 is 12.2 Å². The monoisotopic (exact) mass is 229 g/mol. The highest BCUT2D eigenvalue weighted by Crippen LogP contribution is 2.24. The fourth-order valence-electron chi connectivity index (χ4n) is 1.07. The van der Waals surface area contributed by atoms with Crippen molar-refractivity contribution >= 4 is 28.7 Å². The van der Waals surface area contributed by atoms with E-state index in [4.69, 9.17) is 5.73 Å². The number of nitrogens with two attached hydrogens (primary N) is 1. The van der Waals surface area contributed by atoms with Crippen LogP contribution in [0.1, 0.15) is 5.56 Å². The molecule has 80 valence electrons. The highest BCUT2D eigenvalue weighted by atomic mass is 32.1. The molecular formula is C8H8FN3O2S. The largest absolute Gasteiger partial charge is 0.376 e. The summed E-state index contributed by atoms with van der Waals surface area (Å²) in [7, 11) is 0. The van der Waals surface area contributed by atoms with E-state index in [0.717, 1.165) is 12.1 Å². The lowest BCUT2D eigenvalue weighted by molar-refractivity contribution is -0.387. The lowest BCUT2D eigenvalue weighted by Crippen LogP contribution is -2.19. The van der Waals surface area contributed by atoms with E-state index in [1.54, 1.807) is 6.92 Å². The van der Waals surface area contributed by atoms with Gasteiger partial charge in [0.15, 0.2) is 5.11 Å². The Labute approximate surface area is 90.2 Å². The summed E-state index contributed by atoms with van der Waals surface area (Å²) in [5.74, 6) is -0.927. The minimum atomic E-state index is -0.927. The van der Waals surface area contributed by atoms with Crippen LogP contribution in [0.3, 0.4) is 0 Å². The Hall–Kier alpha value is -1.76. The van der Waals surface area contributed by atoms with Crippen molar-refractivity contribution in [1.82, 2.24) is 0 Å². The fraction of sp³-hybridized carbons (Fsp3) is 0.125. The van der Waals surface area contributed by atoms with Crippen LogP contribution in [0.5, 0.6) is 0 Å². The van der Waals surface area contributed by atoms with E-state index in [1.807, 2.05) is 0 Å². The summed E-state index contributed by atoms with van der Waals surface area (Å²) >= 11 is 4.58. The molecule has 0 aromatic heterocycles. The number of hydrogen-bond acceptors (Lipinski definition) is 3. The molecule has 0 aliphatic carbocycles. The van der Waals surface area contributed by atoms with Crippen molar-refractivity contribution < 1.29 is 9.31 Å². The second-order valence-electron chi connectivity index (χ2n) is 2.86. The summed E-state index contributed by atoms with van der Waals surface area (Å²) in [6.45, 7) is 1.59. The van der Waals surface area contributed by atoms with Gasteiger partial charge in [-0.1, -0.05) is 0 Å². The van der Waals surface area contributed by atoms with E-state index in [0.29, 0.717) is 11.3 Å². The number of halogens is 1. The van der Waals surface area contributed by atoms with E-state index in [1.165, 1.54) is 0 Å². The first-order valence-electron chi connectivity index (χ1n) is 3.93. The van der Waals surface area contributed by atoms with E-state index in [9.17, 15) is 14.5 Å². The Kier molecular flexibility index (Phi) is 3.15. The van der Waals surface area contributed by atoms with Crippen molar-refractivity contribution in [2.45, 2.75) is 6.92 Å². The first-order chi connectivity index (χ1) is 6.91. The molecule has 0 heterocycles. The molecule has 0 amide bonds. The van der Waals surface area contributed by atoms with Crippen molar-refractivity contribution in [1.29, 1.82) is 0 Å². The number of benzene rings is 1. The number of nitrogens with zero attached hydrogens (tertiary/aromatic N) is 1. The molecule has 3 N–H and O–H groups in total. The molecule has 0 atom stereocenters. The second kappa shape index (κ2) is 4.18. The van der Waals surface area contributed by atoms with Crippen LogP contribution in [-0.2, 0) is 0 Å². The highest BCUT2D eigenvalue weighted by Gasteiger charge is 2.16. The molecule has 0 aliphatic rings. The van der Waals surface area contributed by atoms with Crippen molar-refractivity contribution in [3.63, 3.8) is 0 Å². The molecule has 0 saturated carbocycles. The first-order valence-corrected chi connectivity index (χ1v) is 4.33. The van der Waals surface area contributed by atoms with Crippen molar-refractivity contribution in [3.05, 3.63) is 33.6 Å². The molecule has 1 aromatic carbocycles. The molecule has 0 saturated heterocycles. The molecule has 0 radical (unpaired) electrons. The summed E-state index contributed by atoms with van der Waals surface area (Å²) in [6, 6.07) is 2.11. The zero-order chi connectivity index (χ0) is 11.6. The number of rotatable bonds is 2. The predicted octanol–water partition coefficient (Wildman–Crippen LogP) is 1.70. The molecule has 5 nitrogen and oxygen atoms in total. The number of nitro benzene ring substituents is 1. The Morgan fingerprint density at radius 2 is 2.27 bits per heavy atom. The van der Waals surface area contributed by atoms with Crippen LogP contribution in [0.2, 0.25) is 0 Å². The first kappa shape index (κ1) is 11.3. The topological polar surface area (TPSA) is 81.2 Å². The molecule has 0 bridgehead atoms. The van der Waals surface area contributed by atoms with Gasteiger partial charge < -0.3 is 11.1 Å². The molecule has 15 heavy (non-hydrogen) atoms. The molecule has 1 rings (SSSR count). The average molecular weight is 229 g/mol. The number of nitrogens with one attached hydrogen (secondary N) is 1. The quantitative estimate of drug-likeness (QED) is 0.458. The van der Waals surface area contributed by atoms with Crippen LogP contribution in [0.15, 0.2) is 12.1 Å². The van der Waals surface area contributed by atoms with Gasteiger partial charge in [-0.15, -0.1) is 0 Å². The van der Waals surface area contributed by atoms with Gasteiger partial charge in [-0.2, -0.15) is 4.39 Å². The van der Waals surface area contributed by atoms with Gasteiger partial charge in [0.05, 0.1) is 4.92 Å². The standard InChI is InChI=1S/C8H8FN3O2S/c1-4-2-7(12(13)14)5(9)3-6(4)11-8(10)15/h2-3H,1H3,(H3,10,11,15). The van der Waals surface area contributed by atoms with Crippen LogP contribution in [0, 0.1) is 22.9 Å². The van der Waals surface area contributed by atoms with Crippen LogP contribution < -0.4 is 11.1 Å². The Balaban J connectivity index is 3.19. The van der Waals surface area contributed by atoms with E-state index >= 15 is 0 Å². The van der Waals surface area contributed by atoms with E-state index in [-0.39, 0.29) is 5.11 Å². The van der Waals surface area contributed by atoms with Gasteiger partial charge in [-0.05, 0) is 24.7 Å². The molecule has 0 fully saturated rings. The smallest absolute Gasteiger partial charge is 0.305 e. The lowest BCUT2D eigenvalue weighted by Gasteiger charge is -2.07. The SMILES string of the molecule is Cc1cc([N+](=O)[O-])c(F)cc1NC(N)=S. The summed E-state index contributed by atoms with van der Waals surface area (Å²) in [5.41, 5.74) is 5.46. The normalized spacial score (nSPS) is 9.73.